The maximum absolute atomic E-state index is 11.2. The largest absolute Gasteiger partial charge is 0.468 e. The van der Waals surface area contributed by atoms with E-state index in [1.807, 2.05) is 0 Å². The minimum absolute atomic E-state index is 0.556. The van der Waals surface area contributed by atoms with Crippen LogP contribution in [0.25, 0.3) is 0 Å². The molecule has 13 heavy (non-hydrogen) atoms. The molecule has 0 aromatic carbocycles. The zero-order valence-electron chi connectivity index (χ0n) is 8.20. The lowest BCUT2D eigenvalue weighted by molar-refractivity contribution is -0.142. The van der Waals surface area contributed by atoms with Crippen molar-refractivity contribution in [2.24, 2.45) is 0 Å². The second-order valence-electron chi connectivity index (χ2n) is 2.96. The van der Waals surface area contributed by atoms with Crippen LogP contribution in [-0.2, 0) is 19.6 Å². The Morgan fingerprint density at radius 2 is 1.77 bits per heavy atom. The molecule has 0 radical (unpaired) electrons. The van der Waals surface area contributed by atoms with Crippen molar-refractivity contribution in [1.82, 2.24) is 4.72 Å². The van der Waals surface area contributed by atoms with Gasteiger partial charge in [-0.15, -0.1) is 0 Å². The van der Waals surface area contributed by atoms with Crippen LogP contribution in [0.3, 0.4) is 0 Å². The van der Waals surface area contributed by atoms with E-state index in [9.17, 15) is 13.2 Å². The van der Waals surface area contributed by atoms with Crippen LogP contribution in [0.5, 0.6) is 0 Å². The van der Waals surface area contributed by atoms with Gasteiger partial charge in [-0.1, -0.05) is 0 Å². The lowest BCUT2D eigenvalue weighted by atomic mass is 10.4. The Balaban J connectivity index is 4.38. The van der Waals surface area contributed by atoms with Gasteiger partial charge in [0.15, 0.2) is 0 Å². The Bertz CT molecular complexity index is 270. The molecule has 0 bridgehead atoms. The SMILES string of the molecule is COC(=O)C(C)NS(=O)(=O)C(C)C. The molecule has 0 aliphatic carbocycles. The van der Waals surface area contributed by atoms with E-state index in [0.29, 0.717) is 0 Å². The third kappa shape index (κ3) is 3.73. The summed E-state index contributed by atoms with van der Waals surface area (Å²) in [5.74, 6) is -0.593. The predicted molar refractivity (Wildman–Crippen MR) is 48.7 cm³/mol. The summed E-state index contributed by atoms with van der Waals surface area (Å²) in [6.07, 6.45) is 0. The fourth-order valence-corrected chi connectivity index (χ4v) is 1.47. The van der Waals surface area contributed by atoms with Gasteiger partial charge in [-0.25, -0.2) is 13.1 Å². The zero-order valence-corrected chi connectivity index (χ0v) is 9.01. The van der Waals surface area contributed by atoms with Crippen molar-refractivity contribution in [2.75, 3.05) is 7.11 Å². The summed E-state index contributed by atoms with van der Waals surface area (Å²) >= 11 is 0. The Hall–Kier alpha value is -0.620. The van der Waals surface area contributed by atoms with Gasteiger partial charge in [0.25, 0.3) is 0 Å². The number of carbonyl (C=O) groups is 1. The number of sulfonamides is 1. The second-order valence-corrected chi connectivity index (χ2v) is 5.22. The molecule has 1 atom stereocenters. The van der Waals surface area contributed by atoms with Crippen LogP contribution < -0.4 is 4.72 Å². The predicted octanol–water partition coefficient (Wildman–Crippen LogP) is -0.124. The van der Waals surface area contributed by atoms with Crippen molar-refractivity contribution in [3.8, 4) is 0 Å². The van der Waals surface area contributed by atoms with Crippen molar-refractivity contribution in [2.45, 2.75) is 32.1 Å². The molecule has 0 amide bonds. The van der Waals surface area contributed by atoms with Crippen LogP contribution in [0.2, 0.25) is 0 Å². The third-order valence-electron chi connectivity index (χ3n) is 1.52. The molecule has 0 spiro atoms. The average Bonchev–Trinajstić information content (AvgIpc) is 2.01. The van der Waals surface area contributed by atoms with Gasteiger partial charge in [-0.2, -0.15) is 0 Å². The molecule has 0 rings (SSSR count). The number of ether oxygens (including phenoxy) is 1. The maximum Gasteiger partial charge on any atom is 0.323 e. The summed E-state index contributed by atoms with van der Waals surface area (Å²) in [6, 6.07) is -0.836. The normalized spacial score (nSPS) is 14.2. The summed E-state index contributed by atoms with van der Waals surface area (Å²) in [4.78, 5) is 10.9. The highest BCUT2D eigenvalue weighted by Gasteiger charge is 2.22. The molecule has 0 aliphatic heterocycles. The molecule has 6 heteroatoms. The van der Waals surface area contributed by atoms with E-state index in [4.69, 9.17) is 0 Å². The molecule has 1 unspecified atom stereocenters. The summed E-state index contributed by atoms with van der Waals surface area (Å²) in [7, 11) is -2.19. The van der Waals surface area contributed by atoms with Gasteiger partial charge in [0, 0.05) is 0 Å². The monoisotopic (exact) mass is 209 g/mol. The van der Waals surface area contributed by atoms with E-state index >= 15 is 0 Å². The van der Waals surface area contributed by atoms with Crippen molar-refractivity contribution in [3.63, 3.8) is 0 Å². The zero-order chi connectivity index (χ0) is 10.6. The van der Waals surface area contributed by atoms with Gasteiger partial charge >= 0.3 is 5.97 Å². The molecule has 5 nitrogen and oxygen atoms in total. The van der Waals surface area contributed by atoms with Crippen LogP contribution >= 0.6 is 0 Å². The van der Waals surface area contributed by atoms with Gasteiger partial charge < -0.3 is 4.74 Å². The number of hydrogen-bond donors (Lipinski definition) is 1. The number of hydrogen-bond acceptors (Lipinski definition) is 4. The standard InChI is InChI=1S/C7H15NO4S/c1-5(2)13(10,11)8-6(3)7(9)12-4/h5-6,8H,1-4H3. The Labute approximate surface area is 78.5 Å². The summed E-state index contributed by atoms with van der Waals surface area (Å²) in [6.45, 7) is 4.50. The van der Waals surface area contributed by atoms with E-state index in [1.54, 1.807) is 0 Å². The average molecular weight is 209 g/mol. The molecule has 0 fully saturated rings. The summed E-state index contributed by atoms with van der Waals surface area (Å²) in [5, 5.41) is -0.556. The first-order chi connectivity index (χ1) is 5.81. The maximum atomic E-state index is 11.2. The van der Waals surface area contributed by atoms with Crippen LogP contribution in [0.4, 0.5) is 0 Å². The van der Waals surface area contributed by atoms with E-state index in [2.05, 4.69) is 9.46 Å². The van der Waals surface area contributed by atoms with Gasteiger partial charge in [0.1, 0.15) is 6.04 Å². The van der Waals surface area contributed by atoms with Crippen molar-refractivity contribution >= 4 is 16.0 Å². The van der Waals surface area contributed by atoms with Crippen LogP contribution in [0.15, 0.2) is 0 Å². The lowest BCUT2D eigenvalue weighted by Crippen LogP contribution is -2.42. The Kier molecular flexibility index (Phi) is 4.35. The highest BCUT2D eigenvalue weighted by molar-refractivity contribution is 7.90. The Morgan fingerprint density at radius 3 is 2.08 bits per heavy atom. The van der Waals surface area contributed by atoms with E-state index in [0.717, 1.165) is 0 Å². The second kappa shape index (κ2) is 4.57. The number of methoxy groups -OCH3 is 1. The first kappa shape index (κ1) is 12.4. The topological polar surface area (TPSA) is 72.5 Å². The highest BCUT2D eigenvalue weighted by atomic mass is 32.2. The van der Waals surface area contributed by atoms with Gasteiger partial charge in [-0.05, 0) is 20.8 Å². The number of esters is 1. The van der Waals surface area contributed by atoms with Gasteiger partial charge in [0.05, 0.1) is 12.4 Å². The van der Waals surface area contributed by atoms with E-state index in [-0.39, 0.29) is 0 Å². The summed E-state index contributed by atoms with van der Waals surface area (Å²) < 4.78 is 29.1. The molecular weight excluding hydrogens is 194 g/mol. The van der Waals surface area contributed by atoms with Crippen LogP contribution in [0, 0.1) is 0 Å². The minimum atomic E-state index is -3.40. The van der Waals surface area contributed by atoms with E-state index in [1.165, 1.54) is 27.9 Å². The Morgan fingerprint density at radius 1 is 1.31 bits per heavy atom. The quantitative estimate of drug-likeness (QED) is 0.655. The highest BCUT2D eigenvalue weighted by Crippen LogP contribution is 1.98. The summed E-state index contributed by atoms with van der Waals surface area (Å²) in [5.41, 5.74) is 0. The molecule has 1 N–H and O–H groups in total. The molecule has 0 saturated heterocycles. The van der Waals surface area contributed by atoms with E-state index < -0.39 is 27.3 Å². The van der Waals surface area contributed by atoms with Crippen LogP contribution in [-0.4, -0.2) is 32.8 Å². The van der Waals surface area contributed by atoms with Gasteiger partial charge in [0.2, 0.25) is 10.0 Å². The molecule has 0 aromatic rings. The van der Waals surface area contributed by atoms with Crippen LogP contribution in [0.1, 0.15) is 20.8 Å². The van der Waals surface area contributed by atoms with Crippen molar-refractivity contribution < 1.29 is 17.9 Å². The first-order valence-corrected chi connectivity index (χ1v) is 5.45. The van der Waals surface area contributed by atoms with Gasteiger partial charge in [-0.3, -0.25) is 4.79 Å². The molecule has 0 saturated carbocycles. The fraction of sp³-hybridized carbons (Fsp3) is 0.857. The molecule has 0 aromatic heterocycles. The lowest BCUT2D eigenvalue weighted by Gasteiger charge is -2.13. The smallest absolute Gasteiger partial charge is 0.323 e. The molecule has 78 valence electrons. The van der Waals surface area contributed by atoms with Crippen molar-refractivity contribution in [3.05, 3.63) is 0 Å². The molecule has 0 aliphatic rings. The number of carbonyl (C=O) groups excluding carboxylic acids is 1. The fourth-order valence-electron chi connectivity index (χ4n) is 0.607. The number of nitrogens with one attached hydrogen (secondary N) is 1. The first-order valence-electron chi connectivity index (χ1n) is 3.90. The molecular formula is C7H15NO4S. The third-order valence-corrected chi connectivity index (χ3v) is 3.44. The molecule has 0 heterocycles. The number of rotatable bonds is 4. The minimum Gasteiger partial charge on any atom is -0.468 e. The van der Waals surface area contributed by atoms with Crippen molar-refractivity contribution in [1.29, 1.82) is 0 Å².